The molecule has 0 amide bonds. The molecule has 2 fully saturated rings. The van der Waals surface area contributed by atoms with Crippen molar-refractivity contribution in [2.24, 2.45) is 4.99 Å². The predicted molar refractivity (Wildman–Crippen MR) is 139 cm³/mol. The van der Waals surface area contributed by atoms with Gasteiger partial charge in [-0.2, -0.15) is 10.1 Å². The highest BCUT2D eigenvalue weighted by atomic mass is 35.5. The fourth-order valence-corrected chi connectivity index (χ4v) is 6.20. The molecule has 1 N–H and O–H groups in total. The number of hydrogen-bond donors (Lipinski definition) is 1. The molecule has 1 aromatic carbocycles. The van der Waals surface area contributed by atoms with Crippen LogP contribution < -0.4 is 9.70 Å². The summed E-state index contributed by atoms with van der Waals surface area (Å²) in [6.45, 7) is 6.00. The van der Waals surface area contributed by atoms with E-state index in [-0.39, 0.29) is 12.2 Å². The second kappa shape index (κ2) is 9.24. The number of nitrogens with zero attached hydrogens (tertiary/aromatic N) is 6. The summed E-state index contributed by atoms with van der Waals surface area (Å²) in [6, 6.07) is 4.69. The molecule has 0 bridgehead atoms. The largest absolute Gasteiger partial charge is 0.367 e. The molecule has 0 radical (unpaired) electrons. The summed E-state index contributed by atoms with van der Waals surface area (Å²) in [5.74, 6) is 0.668. The van der Waals surface area contributed by atoms with E-state index < -0.39 is 5.82 Å². The van der Waals surface area contributed by atoms with Gasteiger partial charge in [0, 0.05) is 47.9 Å². The average Bonchev–Trinajstić information content (AvgIpc) is 3.46. The molecule has 4 heterocycles. The van der Waals surface area contributed by atoms with E-state index in [0.717, 1.165) is 20.7 Å². The highest BCUT2D eigenvalue weighted by Gasteiger charge is 2.35. The number of halogens is 2. The van der Waals surface area contributed by atoms with Crippen LogP contribution in [-0.4, -0.2) is 51.0 Å². The summed E-state index contributed by atoms with van der Waals surface area (Å²) in [4.78, 5) is 17.3. The number of aromatic nitrogens is 5. The molecule has 36 heavy (non-hydrogen) atoms. The van der Waals surface area contributed by atoms with Crippen LogP contribution in [0.4, 0.5) is 10.3 Å². The van der Waals surface area contributed by atoms with Crippen LogP contribution in [0.15, 0.2) is 29.4 Å². The Bertz CT molecular complexity index is 1510. The first-order valence-electron chi connectivity index (χ1n) is 12.2. The van der Waals surface area contributed by atoms with Gasteiger partial charge in [0.15, 0.2) is 10.4 Å². The average molecular weight is 528 g/mol. The first kappa shape index (κ1) is 23.6. The number of hydrogen-bond acceptors (Lipinski definition) is 7. The van der Waals surface area contributed by atoms with Crippen LogP contribution >= 0.6 is 22.9 Å². The van der Waals surface area contributed by atoms with E-state index in [0.29, 0.717) is 47.8 Å². The minimum absolute atomic E-state index is 0.0392. The van der Waals surface area contributed by atoms with Gasteiger partial charge in [0.05, 0.1) is 24.5 Å². The van der Waals surface area contributed by atoms with E-state index in [1.54, 1.807) is 19.2 Å². The number of ether oxygens (including phenoxy) is 1. The van der Waals surface area contributed by atoms with Crippen molar-refractivity contribution in [3.63, 3.8) is 0 Å². The lowest BCUT2D eigenvalue weighted by molar-refractivity contribution is -0.0182. The van der Waals surface area contributed by atoms with E-state index >= 15 is 4.39 Å². The van der Waals surface area contributed by atoms with E-state index in [4.69, 9.17) is 26.3 Å². The Kier molecular flexibility index (Phi) is 6.05. The van der Waals surface area contributed by atoms with Crippen LogP contribution in [0.5, 0.6) is 0 Å². The third-order valence-corrected chi connectivity index (χ3v) is 8.19. The fraction of sp³-hybridized carbons (Fsp3) is 0.440. The first-order valence-corrected chi connectivity index (χ1v) is 13.4. The third-order valence-electron chi connectivity index (χ3n) is 6.78. The molecule has 6 rings (SSSR count). The van der Waals surface area contributed by atoms with Crippen molar-refractivity contribution in [2.45, 2.75) is 51.4 Å². The zero-order chi connectivity index (χ0) is 25.0. The van der Waals surface area contributed by atoms with Crippen molar-refractivity contribution >= 4 is 39.2 Å². The lowest BCUT2D eigenvalue weighted by atomic mass is 10.1. The van der Waals surface area contributed by atoms with E-state index in [1.165, 1.54) is 35.9 Å². The minimum atomic E-state index is -0.416. The number of benzene rings is 1. The standard InChI is InChI=1S/C25H27ClFN7OS/c1-4-34-23-22(36-25(34)28-3)21(16-8-7-15(26)9-18(16)27)30-24(31-23)33-11-13(2)35-19(12-33)17-10-29-32-20(17)14-5-6-14/h7-10,13-14,19H,4-6,11-12H2,1-3H3,(H,29,32)/t13-,19-/m1/s1. The van der Waals surface area contributed by atoms with Crippen molar-refractivity contribution in [3.8, 4) is 11.3 Å². The summed E-state index contributed by atoms with van der Waals surface area (Å²) in [5, 5.41) is 7.83. The molecule has 2 aliphatic rings. The molecular weight excluding hydrogens is 501 g/mol. The van der Waals surface area contributed by atoms with Crippen LogP contribution in [0.25, 0.3) is 21.6 Å². The van der Waals surface area contributed by atoms with Gasteiger partial charge in [-0.3, -0.25) is 10.1 Å². The van der Waals surface area contributed by atoms with Crippen LogP contribution in [0, 0.1) is 5.82 Å². The van der Waals surface area contributed by atoms with Gasteiger partial charge in [-0.1, -0.05) is 22.9 Å². The Morgan fingerprint density at radius 1 is 1.28 bits per heavy atom. The maximum atomic E-state index is 15.1. The minimum Gasteiger partial charge on any atom is -0.367 e. The number of rotatable bonds is 5. The highest BCUT2D eigenvalue weighted by Crippen LogP contribution is 2.43. The molecule has 0 unspecified atom stereocenters. The number of aryl methyl sites for hydroxylation is 1. The number of anilines is 1. The number of thiazole rings is 1. The van der Waals surface area contributed by atoms with Crippen LogP contribution in [0.2, 0.25) is 5.02 Å². The normalized spacial score (nSPS) is 21.0. The molecule has 3 aromatic heterocycles. The molecule has 8 nitrogen and oxygen atoms in total. The van der Waals surface area contributed by atoms with Gasteiger partial charge in [-0.15, -0.1) is 0 Å². The van der Waals surface area contributed by atoms with Gasteiger partial charge in [0.25, 0.3) is 0 Å². The summed E-state index contributed by atoms with van der Waals surface area (Å²) < 4.78 is 24.3. The second-order valence-corrected chi connectivity index (χ2v) is 10.8. The van der Waals surface area contributed by atoms with Crippen LogP contribution in [0.3, 0.4) is 0 Å². The molecule has 0 spiro atoms. The Labute approximate surface area is 216 Å². The topological polar surface area (TPSA) is 84.2 Å². The van der Waals surface area contributed by atoms with Crippen molar-refractivity contribution in [3.05, 3.63) is 51.3 Å². The van der Waals surface area contributed by atoms with Crippen molar-refractivity contribution in [1.29, 1.82) is 0 Å². The Morgan fingerprint density at radius 2 is 2.11 bits per heavy atom. The molecule has 4 aromatic rings. The maximum absolute atomic E-state index is 15.1. The molecule has 11 heteroatoms. The second-order valence-electron chi connectivity index (χ2n) is 9.36. The van der Waals surface area contributed by atoms with Crippen molar-refractivity contribution < 1.29 is 9.13 Å². The molecular formula is C25H27ClFN7OS. The van der Waals surface area contributed by atoms with Crippen molar-refractivity contribution in [1.82, 2.24) is 24.7 Å². The predicted octanol–water partition coefficient (Wildman–Crippen LogP) is 5.07. The van der Waals surface area contributed by atoms with Gasteiger partial charge in [0.2, 0.25) is 5.95 Å². The van der Waals surface area contributed by atoms with Gasteiger partial charge in [-0.05, 0) is 44.9 Å². The third kappa shape index (κ3) is 4.10. The summed E-state index contributed by atoms with van der Waals surface area (Å²) in [7, 11) is 1.75. The monoisotopic (exact) mass is 527 g/mol. The van der Waals surface area contributed by atoms with Gasteiger partial charge in [-0.25, -0.2) is 9.37 Å². The summed E-state index contributed by atoms with van der Waals surface area (Å²) in [6.07, 6.45) is 4.04. The zero-order valence-electron chi connectivity index (χ0n) is 20.3. The van der Waals surface area contributed by atoms with Gasteiger partial charge in [0.1, 0.15) is 16.6 Å². The summed E-state index contributed by atoms with van der Waals surface area (Å²) in [5.41, 5.74) is 3.96. The Hall–Kier alpha value is -2.82. The number of fused-ring (bicyclic) bond motifs is 1. The number of H-pyrrole nitrogens is 1. The lowest BCUT2D eigenvalue weighted by Gasteiger charge is -2.37. The number of nitrogens with one attached hydrogen (secondary N) is 1. The van der Waals surface area contributed by atoms with Gasteiger partial charge >= 0.3 is 0 Å². The van der Waals surface area contributed by atoms with Crippen molar-refractivity contribution in [2.75, 3.05) is 25.0 Å². The fourth-order valence-electron chi connectivity index (χ4n) is 4.95. The quantitative estimate of drug-likeness (QED) is 0.392. The first-order chi connectivity index (χ1) is 17.5. The summed E-state index contributed by atoms with van der Waals surface area (Å²) >= 11 is 7.52. The molecule has 1 saturated carbocycles. The smallest absolute Gasteiger partial charge is 0.228 e. The Morgan fingerprint density at radius 3 is 2.83 bits per heavy atom. The molecule has 1 aliphatic carbocycles. The number of aromatic amines is 1. The van der Waals surface area contributed by atoms with E-state index in [2.05, 4.69) is 33.9 Å². The molecule has 2 atom stereocenters. The van der Waals surface area contributed by atoms with Crippen LogP contribution in [0.1, 0.15) is 50.0 Å². The van der Waals surface area contributed by atoms with E-state index in [1.807, 2.05) is 10.8 Å². The Balaban J connectivity index is 1.48. The highest BCUT2D eigenvalue weighted by molar-refractivity contribution is 7.16. The number of morpholine rings is 1. The molecule has 1 saturated heterocycles. The SMILES string of the molecule is CCn1c(=NC)sc2c(-c3ccc(Cl)cc3F)nc(N3C[C@@H](C)O[C@@H](c4cn[nH]c4C4CC4)C3)nc21. The van der Waals surface area contributed by atoms with Gasteiger partial charge < -0.3 is 14.2 Å². The van der Waals surface area contributed by atoms with Crippen LogP contribution in [-0.2, 0) is 11.3 Å². The molecule has 188 valence electrons. The molecule has 1 aliphatic heterocycles. The maximum Gasteiger partial charge on any atom is 0.228 e. The lowest BCUT2D eigenvalue weighted by Crippen LogP contribution is -2.44. The zero-order valence-corrected chi connectivity index (χ0v) is 21.9. The van der Waals surface area contributed by atoms with E-state index in [9.17, 15) is 0 Å².